The molecule has 114 valence electrons. The normalized spacial score (nSPS) is 12.3. The Hall–Kier alpha value is -0.760. The van der Waals surface area contributed by atoms with Gasteiger partial charge in [0.15, 0.2) is 0 Å². The largest absolute Gasteiger partial charge is 0.246 e. The fraction of sp³-hybridized carbons (Fsp3) is 0.286. The van der Waals surface area contributed by atoms with Gasteiger partial charge in [-0.25, -0.2) is 12.8 Å². The molecule has 1 aromatic carbocycles. The van der Waals surface area contributed by atoms with Crippen molar-refractivity contribution in [2.45, 2.75) is 31.3 Å². The molecule has 0 amide bonds. The first-order chi connectivity index (χ1) is 9.82. The molecule has 3 nitrogen and oxygen atoms in total. The van der Waals surface area contributed by atoms with Gasteiger partial charge < -0.3 is 0 Å². The zero-order valence-corrected chi connectivity index (χ0v) is 14.8. The molecule has 1 heterocycles. The monoisotopic (exact) mass is 391 g/mol. The van der Waals surface area contributed by atoms with Crippen LogP contribution in [0.5, 0.6) is 0 Å². The van der Waals surface area contributed by atoms with E-state index in [-0.39, 0.29) is 17.5 Å². The van der Waals surface area contributed by atoms with Crippen LogP contribution in [0.4, 0.5) is 4.39 Å². The summed E-state index contributed by atoms with van der Waals surface area (Å²) >= 11 is 4.61. The molecule has 0 aliphatic heterocycles. The van der Waals surface area contributed by atoms with E-state index in [0.29, 0.717) is 4.47 Å². The molecule has 0 radical (unpaired) electrons. The Morgan fingerprint density at radius 1 is 1.33 bits per heavy atom. The van der Waals surface area contributed by atoms with Crippen molar-refractivity contribution in [1.82, 2.24) is 4.31 Å². The molecule has 2 rings (SSSR count). The lowest BCUT2D eigenvalue weighted by Gasteiger charge is -2.25. The average Bonchev–Trinajstić information content (AvgIpc) is 2.87. The van der Waals surface area contributed by atoms with Crippen molar-refractivity contribution in [2.24, 2.45) is 0 Å². The van der Waals surface area contributed by atoms with Crippen molar-refractivity contribution in [2.75, 3.05) is 0 Å². The van der Waals surface area contributed by atoms with E-state index in [0.717, 1.165) is 10.9 Å². The van der Waals surface area contributed by atoms with E-state index >= 15 is 0 Å². The van der Waals surface area contributed by atoms with E-state index in [1.807, 2.05) is 17.5 Å². The van der Waals surface area contributed by atoms with Gasteiger partial charge in [-0.05, 0) is 43.5 Å². The summed E-state index contributed by atoms with van der Waals surface area (Å²) in [6, 6.07) is 7.45. The van der Waals surface area contributed by atoms with Crippen molar-refractivity contribution in [3.63, 3.8) is 0 Å². The maximum atomic E-state index is 14.0. The summed E-state index contributed by atoms with van der Waals surface area (Å²) in [6.07, 6.45) is 0. The molecule has 0 N–H and O–H groups in total. The van der Waals surface area contributed by atoms with Crippen molar-refractivity contribution >= 4 is 37.3 Å². The third-order valence-electron chi connectivity index (χ3n) is 2.95. The van der Waals surface area contributed by atoms with E-state index in [4.69, 9.17) is 0 Å². The number of hydrogen-bond donors (Lipinski definition) is 0. The van der Waals surface area contributed by atoms with Crippen LogP contribution in [-0.2, 0) is 16.6 Å². The molecule has 0 aliphatic rings. The van der Waals surface area contributed by atoms with E-state index in [1.165, 1.54) is 27.8 Å². The molecule has 0 unspecified atom stereocenters. The standard InChI is InChI=1S/C14H15BrFNO2S2/c1-10(2)17(9-12-4-3-7-20-12)21(18,19)14-6-5-11(15)8-13(14)16/h3-8,10H,9H2,1-2H3. The van der Waals surface area contributed by atoms with E-state index in [2.05, 4.69) is 15.9 Å². The third-order valence-corrected chi connectivity index (χ3v) is 6.36. The lowest BCUT2D eigenvalue weighted by atomic mass is 10.3. The molecule has 2 aromatic rings. The van der Waals surface area contributed by atoms with Crippen LogP contribution in [0.25, 0.3) is 0 Å². The summed E-state index contributed by atoms with van der Waals surface area (Å²) in [4.78, 5) is 0.626. The minimum Gasteiger partial charge on any atom is -0.207 e. The van der Waals surface area contributed by atoms with E-state index in [9.17, 15) is 12.8 Å². The molecular formula is C14H15BrFNO2S2. The van der Waals surface area contributed by atoms with E-state index in [1.54, 1.807) is 13.8 Å². The maximum absolute atomic E-state index is 14.0. The highest BCUT2D eigenvalue weighted by Crippen LogP contribution is 2.26. The van der Waals surface area contributed by atoms with Gasteiger partial charge in [-0.1, -0.05) is 22.0 Å². The van der Waals surface area contributed by atoms with Gasteiger partial charge in [0.25, 0.3) is 0 Å². The molecule has 0 spiro atoms. The molecule has 7 heteroatoms. The van der Waals surface area contributed by atoms with Gasteiger partial charge in [0.2, 0.25) is 10.0 Å². The highest BCUT2D eigenvalue weighted by molar-refractivity contribution is 9.10. The number of benzene rings is 1. The predicted molar refractivity (Wildman–Crippen MR) is 86.3 cm³/mol. The van der Waals surface area contributed by atoms with Gasteiger partial charge in [0.1, 0.15) is 10.7 Å². The smallest absolute Gasteiger partial charge is 0.207 e. The van der Waals surface area contributed by atoms with Gasteiger partial charge in [-0.2, -0.15) is 4.31 Å². The minimum absolute atomic E-state index is 0.243. The second-order valence-electron chi connectivity index (χ2n) is 4.80. The molecule has 0 fully saturated rings. The van der Waals surface area contributed by atoms with Gasteiger partial charge in [-0.3, -0.25) is 0 Å². The zero-order valence-electron chi connectivity index (χ0n) is 11.6. The number of halogens is 2. The highest BCUT2D eigenvalue weighted by Gasteiger charge is 2.30. The first-order valence-corrected chi connectivity index (χ1v) is 9.43. The minimum atomic E-state index is -3.88. The van der Waals surface area contributed by atoms with Crippen LogP contribution in [0.1, 0.15) is 18.7 Å². The van der Waals surface area contributed by atoms with Crippen molar-refractivity contribution in [1.29, 1.82) is 0 Å². The van der Waals surface area contributed by atoms with Crippen LogP contribution < -0.4 is 0 Å². The van der Waals surface area contributed by atoms with Gasteiger partial charge in [-0.15, -0.1) is 11.3 Å². The highest BCUT2D eigenvalue weighted by atomic mass is 79.9. The third kappa shape index (κ3) is 3.71. The number of sulfonamides is 1. The lowest BCUT2D eigenvalue weighted by Crippen LogP contribution is -2.36. The number of thiophene rings is 1. The summed E-state index contributed by atoms with van der Waals surface area (Å²) in [5.41, 5.74) is 0. The summed E-state index contributed by atoms with van der Waals surface area (Å²) in [5.74, 6) is -0.749. The fourth-order valence-electron chi connectivity index (χ4n) is 1.91. The quantitative estimate of drug-likeness (QED) is 0.763. The van der Waals surface area contributed by atoms with Crippen LogP contribution >= 0.6 is 27.3 Å². The predicted octanol–water partition coefficient (Wildman–Crippen LogP) is 4.25. The molecule has 0 saturated heterocycles. The zero-order chi connectivity index (χ0) is 15.6. The number of rotatable bonds is 5. The first kappa shape index (κ1) is 16.6. The molecule has 21 heavy (non-hydrogen) atoms. The second kappa shape index (κ2) is 6.56. The molecule has 1 aromatic heterocycles. The van der Waals surface area contributed by atoms with Crippen LogP contribution in [0, 0.1) is 5.82 Å². The first-order valence-electron chi connectivity index (χ1n) is 6.31. The number of hydrogen-bond acceptors (Lipinski definition) is 3. The average molecular weight is 392 g/mol. The topological polar surface area (TPSA) is 37.4 Å². The summed E-state index contributed by atoms with van der Waals surface area (Å²) < 4.78 is 41.2. The SMILES string of the molecule is CC(C)N(Cc1cccs1)S(=O)(=O)c1ccc(Br)cc1F. The summed E-state index contributed by atoms with van der Waals surface area (Å²) in [5, 5.41) is 1.89. The maximum Gasteiger partial charge on any atom is 0.246 e. The molecular weight excluding hydrogens is 377 g/mol. The van der Waals surface area contributed by atoms with Crippen molar-refractivity contribution < 1.29 is 12.8 Å². The van der Waals surface area contributed by atoms with Gasteiger partial charge in [0.05, 0.1) is 0 Å². The molecule has 0 aliphatic carbocycles. The molecule has 0 bridgehead atoms. The Balaban J connectivity index is 2.42. The van der Waals surface area contributed by atoms with Crippen molar-refractivity contribution in [3.8, 4) is 0 Å². The van der Waals surface area contributed by atoms with Gasteiger partial charge in [0, 0.05) is 21.9 Å². The Kier molecular flexibility index (Phi) is 5.19. The second-order valence-corrected chi connectivity index (χ2v) is 8.61. The van der Waals surface area contributed by atoms with Crippen molar-refractivity contribution in [3.05, 3.63) is 50.9 Å². The molecule has 0 atom stereocenters. The Morgan fingerprint density at radius 2 is 2.05 bits per heavy atom. The summed E-state index contributed by atoms with van der Waals surface area (Å²) in [7, 11) is -3.88. The van der Waals surface area contributed by atoms with E-state index < -0.39 is 15.8 Å². The summed E-state index contributed by atoms with van der Waals surface area (Å²) in [6.45, 7) is 3.80. The van der Waals surface area contributed by atoms with Crippen LogP contribution in [0.15, 0.2) is 45.1 Å². The fourth-order valence-corrected chi connectivity index (χ4v) is 4.69. The van der Waals surface area contributed by atoms with Crippen LogP contribution in [-0.4, -0.2) is 18.8 Å². The van der Waals surface area contributed by atoms with Gasteiger partial charge >= 0.3 is 0 Å². The Morgan fingerprint density at radius 3 is 2.57 bits per heavy atom. The molecule has 0 saturated carbocycles. The lowest BCUT2D eigenvalue weighted by molar-refractivity contribution is 0.348. The number of nitrogens with zero attached hydrogens (tertiary/aromatic N) is 1. The van der Waals surface area contributed by atoms with Crippen LogP contribution in [0.2, 0.25) is 0 Å². The Bertz CT molecular complexity index is 715. The Labute approximate surface area is 136 Å². The van der Waals surface area contributed by atoms with Crippen LogP contribution in [0.3, 0.4) is 0 Å².